The van der Waals surface area contributed by atoms with Crippen LogP contribution in [0.5, 0.6) is 0 Å². The van der Waals surface area contributed by atoms with Crippen LogP contribution < -0.4 is 5.32 Å². The molecule has 0 radical (unpaired) electrons. The fourth-order valence-electron chi connectivity index (χ4n) is 1.47. The molecule has 2 nitrogen and oxygen atoms in total. The molecule has 0 aliphatic rings. The molecule has 0 aliphatic carbocycles. The minimum atomic E-state index is 0.254. The molecule has 1 heterocycles. The van der Waals surface area contributed by atoms with Crippen molar-refractivity contribution in [2.45, 2.75) is 39.3 Å². The zero-order valence-corrected chi connectivity index (χ0v) is 9.90. The van der Waals surface area contributed by atoms with E-state index in [9.17, 15) is 0 Å². The minimum Gasteiger partial charge on any atom is -0.396 e. The van der Waals surface area contributed by atoms with Gasteiger partial charge in [-0.1, -0.05) is 0 Å². The number of aryl methyl sites for hydroxylation is 1. The Morgan fingerprint density at radius 3 is 2.64 bits per heavy atom. The van der Waals surface area contributed by atoms with Crippen molar-refractivity contribution in [3.63, 3.8) is 0 Å². The Balaban J connectivity index is 2.45. The van der Waals surface area contributed by atoms with Gasteiger partial charge in [0, 0.05) is 28.4 Å². The maximum atomic E-state index is 8.79. The molecule has 0 spiro atoms. The third-order valence-electron chi connectivity index (χ3n) is 2.28. The standard InChI is InChI=1S/C11H19NOS/c1-8(6-7-13)12-10(3)11-5-4-9(2)14-11/h4-5,8,10,12-13H,6-7H2,1-3H3. The van der Waals surface area contributed by atoms with Gasteiger partial charge in [0.15, 0.2) is 0 Å². The molecular formula is C11H19NOS. The van der Waals surface area contributed by atoms with Crippen LogP contribution in [0, 0.1) is 6.92 Å². The lowest BCUT2D eigenvalue weighted by molar-refractivity contribution is 0.265. The second kappa shape index (κ2) is 5.49. The van der Waals surface area contributed by atoms with E-state index < -0.39 is 0 Å². The van der Waals surface area contributed by atoms with Crippen LogP contribution in [0.4, 0.5) is 0 Å². The van der Waals surface area contributed by atoms with Gasteiger partial charge in [0.05, 0.1) is 0 Å². The SMILES string of the molecule is Cc1ccc(C(C)NC(C)CCO)s1. The predicted molar refractivity (Wildman–Crippen MR) is 61.8 cm³/mol. The molecule has 0 saturated heterocycles. The highest BCUT2D eigenvalue weighted by Gasteiger charge is 2.10. The molecule has 2 unspecified atom stereocenters. The average Bonchev–Trinajstić information content (AvgIpc) is 2.52. The van der Waals surface area contributed by atoms with Gasteiger partial charge < -0.3 is 10.4 Å². The molecule has 1 aromatic rings. The van der Waals surface area contributed by atoms with E-state index in [0.29, 0.717) is 12.1 Å². The first-order valence-corrected chi connectivity index (χ1v) is 5.88. The Bertz CT molecular complexity index is 272. The summed E-state index contributed by atoms with van der Waals surface area (Å²) in [5.41, 5.74) is 0. The van der Waals surface area contributed by atoms with E-state index in [1.165, 1.54) is 9.75 Å². The van der Waals surface area contributed by atoms with Gasteiger partial charge >= 0.3 is 0 Å². The van der Waals surface area contributed by atoms with Crippen molar-refractivity contribution < 1.29 is 5.11 Å². The van der Waals surface area contributed by atoms with Crippen LogP contribution in [0.15, 0.2) is 12.1 Å². The summed E-state index contributed by atoms with van der Waals surface area (Å²) in [6, 6.07) is 5.07. The van der Waals surface area contributed by atoms with Crippen LogP contribution in [-0.2, 0) is 0 Å². The average molecular weight is 213 g/mol. The topological polar surface area (TPSA) is 32.3 Å². The first kappa shape index (κ1) is 11.7. The molecule has 14 heavy (non-hydrogen) atoms. The Morgan fingerprint density at radius 2 is 2.14 bits per heavy atom. The van der Waals surface area contributed by atoms with Gasteiger partial charge in [0.25, 0.3) is 0 Å². The fraction of sp³-hybridized carbons (Fsp3) is 0.636. The largest absolute Gasteiger partial charge is 0.396 e. The van der Waals surface area contributed by atoms with Crippen LogP contribution in [0.25, 0.3) is 0 Å². The van der Waals surface area contributed by atoms with E-state index in [-0.39, 0.29) is 6.61 Å². The van der Waals surface area contributed by atoms with Gasteiger partial charge in [-0.25, -0.2) is 0 Å². The molecule has 0 aliphatic heterocycles. The van der Waals surface area contributed by atoms with E-state index in [1.807, 2.05) is 11.3 Å². The summed E-state index contributed by atoms with van der Waals surface area (Å²) >= 11 is 1.83. The Kier molecular flexibility index (Phi) is 4.58. The van der Waals surface area contributed by atoms with Crippen molar-refractivity contribution in [2.75, 3.05) is 6.61 Å². The van der Waals surface area contributed by atoms with Crippen molar-refractivity contribution in [1.29, 1.82) is 0 Å². The molecule has 2 N–H and O–H groups in total. The summed E-state index contributed by atoms with van der Waals surface area (Å²) in [6.07, 6.45) is 0.814. The molecule has 0 bridgehead atoms. The zero-order valence-electron chi connectivity index (χ0n) is 9.08. The van der Waals surface area contributed by atoms with Crippen molar-refractivity contribution in [3.8, 4) is 0 Å². The van der Waals surface area contributed by atoms with Crippen LogP contribution in [0.2, 0.25) is 0 Å². The van der Waals surface area contributed by atoms with Crippen molar-refractivity contribution in [1.82, 2.24) is 5.32 Å². The van der Waals surface area contributed by atoms with E-state index >= 15 is 0 Å². The number of nitrogens with one attached hydrogen (secondary N) is 1. The lowest BCUT2D eigenvalue weighted by Gasteiger charge is -2.18. The summed E-state index contributed by atoms with van der Waals surface area (Å²) in [5, 5.41) is 12.2. The normalized spacial score (nSPS) is 15.4. The summed E-state index contributed by atoms with van der Waals surface area (Å²) in [7, 11) is 0. The zero-order chi connectivity index (χ0) is 10.6. The fourth-order valence-corrected chi connectivity index (χ4v) is 2.36. The van der Waals surface area contributed by atoms with Crippen LogP contribution in [0.3, 0.4) is 0 Å². The highest BCUT2D eigenvalue weighted by Crippen LogP contribution is 2.22. The molecular weight excluding hydrogens is 194 g/mol. The maximum Gasteiger partial charge on any atom is 0.0445 e. The number of hydrogen-bond donors (Lipinski definition) is 2. The van der Waals surface area contributed by atoms with Crippen LogP contribution in [0.1, 0.15) is 36.1 Å². The van der Waals surface area contributed by atoms with Gasteiger partial charge in [-0.05, 0) is 39.3 Å². The van der Waals surface area contributed by atoms with Gasteiger partial charge in [0.2, 0.25) is 0 Å². The third kappa shape index (κ3) is 3.40. The number of rotatable bonds is 5. The second-order valence-electron chi connectivity index (χ2n) is 3.75. The molecule has 3 heteroatoms. The van der Waals surface area contributed by atoms with E-state index in [1.54, 1.807) is 0 Å². The first-order valence-electron chi connectivity index (χ1n) is 5.06. The smallest absolute Gasteiger partial charge is 0.0445 e. The van der Waals surface area contributed by atoms with E-state index in [4.69, 9.17) is 5.11 Å². The van der Waals surface area contributed by atoms with Crippen LogP contribution in [-0.4, -0.2) is 17.8 Å². The summed E-state index contributed by atoms with van der Waals surface area (Å²) in [4.78, 5) is 2.72. The van der Waals surface area contributed by atoms with Crippen molar-refractivity contribution in [3.05, 3.63) is 21.9 Å². The summed E-state index contributed by atoms with van der Waals surface area (Å²) in [6.45, 7) is 6.65. The summed E-state index contributed by atoms with van der Waals surface area (Å²) < 4.78 is 0. The maximum absolute atomic E-state index is 8.79. The number of hydrogen-bond acceptors (Lipinski definition) is 3. The van der Waals surface area contributed by atoms with E-state index in [0.717, 1.165) is 6.42 Å². The van der Waals surface area contributed by atoms with E-state index in [2.05, 4.69) is 38.2 Å². The third-order valence-corrected chi connectivity index (χ3v) is 3.47. The number of aliphatic hydroxyl groups is 1. The lowest BCUT2D eigenvalue weighted by atomic mass is 10.2. The molecule has 2 atom stereocenters. The van der Waals surface area contributed by atoms with Crippen LogP contribution >= 0.6 is 11.3 Å². The molecule has 80 valence electrons. The Hall–Kier alpha value is -0.380. The molecule has 0 fully saturated rings. The Morgan fingerprint density at radius 1 is 1.43 bits per heavy atom. The Labute approximate surface area is 90.0 Å². The monoisotopic (exact) mass is 213 g/mol. The molecule has 0 aromatic carbocycles. The molecule has 0 saturated carbocycles. The molecule has 0 amide bonds. The van der Waals surface area contributed by atoms with Gasteiger partial charge in [0.1, 0.15) is 0 Å². The predicted octanol–water partition coefficient (Wildman–Crippen LogP) is 2.48. The van der Waals surface area contributed by atoms with Gasteiger partial charge in [-0.2, -0.15) is 0 Å². The minimum absolute atomic E-state index is 0.254. The number of aliphatic hydroxyl groups excluding tert-OH is 1. The number of thiophene rings is 1. The van der Waals surface area contributed by atoms with Crippen molar-refractivity contribution >= 4 is 11.3 Å². The first-order chi connectivity index (χ1) is 6.63. The lowest BCUT2D eigenvalue weighted by Crippen LogP contribution is -2.29. The van der Waals surface area contributed by atoms with Crippen molar-refractivity contribution in [2.24, 2.45) is 0 Å². The quantitative estimate of drug-likeness (QED) is 0.787. The second-order valence-corrected chi connectivity index (χ2v) is 5.07. The van der Waals surface area contributed by atoms with Gasteiger partial charge in [-0.3, -0.25) is 0 Å². The van der Waals surface area contributed by atoms with Gasteiger partial charge in [-0.15, -0.1) is 11.3 Å². The summed E-state index contributed by atoms with van der Waals surface area (Å²) in [5.74, 6) is 0. The molecule has 1 aromatic heterocycles. The molecule has 1 rings (SSSR count). The highest BCUT2D eigenvalue weighted by molar-refractivity contribution is 7.12. The highest BCUT2D eigenvalue weighted by atomic mass is 32.1.